The molecule has 0 aromatic heterocycles. The van der Waals surface area contributed by atoms with Crippen molar-refractivity contribution in [1.29, 1.82) is 0 Å². The molecule has 0 spiro atoms. The second-order valence-electron chi connectivity index (χ2n) is 2.03. The second-order valence-corrected chi connectivity index (χ2v) is 2.49. The minimum absolute atomic E-state index is 0.739. The van der Waals surface area contributed by atoms with Crippen molar-refractivity contribution >= 4 is 17.3 Å². The molecule has 0 amide bonds. The van der Waals surface area contributed by atoms with E-state index >= 15 is 0 Å². The Kier molecular flexibility index (Phi) is 5.94. The van der Waals surface area contributed by atoms with E-state index < -0.39 is 0 Å². The van der Waals surface area contributed by atoms with Gasteiger partial charge in [-0.05, 0) is 18.6 Å². The number of hydrogen-bond acceptors (Lipinski definition) is 2. The summed E-state index contributed by atoms with van der Waals surface area (Å²) in [5.74, 6) is 0. The SMILES string of the molecule is CCCCCC(=S)OC. The molecule has 0 saturated heterocycles. The number of ether oxygens (including phenoxy) is 1. The first kappa shape index (κ1) is 8.89. The molecular formula is C7H14OS. The van der Waals surface area contributed by atoms with Crippen molar-refractivity contribution in [2.24, 2.45) is 0 Å². The van der Waals surface area contributed by atoms with Crippen LogP contribution >= 0.6 is 12.2 Å². The van der Waals surface area contributed by atoms with Gasteiger partial charge in [0.2, 0.25) is 0 Å². The molecule has 0 aliphatic heterocycles. The van der Waals surface area contributed by atoms with Gasteiger partial charge in [-0.3, -0.25) is 0 Å². The van der Waals surface area contributed by atoms with Crippen molar-refractivity contribution in [3.05, 3.63) is 0 Å². The highest BCUT2D eigenvalue weighted by Crippen LogP contribution is 2.00. The summed E-state index contributed by atoms with van der Waals surface area (Å²) in [6.07, 6.45) is 4.61. The van der Waals surface area contributed by atoms with E-state index in [1.165, 1.54) is 19.3 Å². The second kappa shape index (κ2) is 6.02. The van der Waals surface area contributed by atoms with E-state index in [9.17, 15) is 0 Å². The fraction of sp³-hybridized carbons (Fsp3) is 0.857. The van der Waals surface area contributed by atoms with Crippen molar-refractivity contribution < 1.29 is 4.74 Å². The molecule has 0 saturated carbocycles. The maximum Gasteiger partial charge on any atom is 0.159 e. The Labute approximate surface area is 62.4 Å². The number of methoxy groups -OCH3 is 1. The summed E-state index contributed by atoms with van der Waals surface area (Å²) in [5, 5.41) is 0.739. The summed E-state index contributed by atoms with van der Waals surface area (Å²) in [5.41, 5.74) is 0. The summed E-state index contributed by atoms with van der Waals surface area (Å²) in [6, 6.07) is 0. The van der Waals surface area contributed by atoms with Crippen molar-refractivity contribution in [3.63, 3.8) is 0 Å². The van der Waals surface area contributed by atoms with Crippen LogP contribution in [0.4, 0.5) is 0 Å². The first-order valence-electron chi connectivity index (χ1n) is 3.38. The van der Waals surface area contributed by atoms with Gasteiger partial charge in [-0.25, -0.2) is 0 Å². The molecule has 0 aliphatic carbocycles. The highest BCUT2D eigenvalue weighted by Gasteiger charge is 1.92. The van der Waals surface area contributed by atoms with Gasteiger partial charge in [-0.1, -0.05) is 19.8 Å². The molecule has 0 bridgehead atoms. The van der Waals surface area contributed by atoms with Gasteiger partial charge in [0.05, 0.1) is 7.11 Å². The van der Waals surface area contributed by atoms with E-state index in [1.54, 1.807) is 7.11 Å². The molecule has 0 radical (unpaired) electrons. The van der Waals surface area contributed by atoms with Gasteiger partial charge < -0.3 is 4.74 Å². The van der Waals surface area contributed by atoms with Crippen molar-refractivity contribution in [3.8, 4) is 0 Å². The van der Waals surface area contributed by atoms with E-state index in [-0.39, 0.29) is 0 Å². The fourth-order valence-corrected chi connectivity index (χ4v) is 0.766. The third-order valence-electron chi connectivity index (χ3n) is 1.21. The van der Waals surface area contributed by atoms with E-state index in [0.717, 1.165) is 11.5 Å². The first-order valence-corrected chi connectivity index (χ1v) is 3.79. The minimum atomic E-state index is 0.739. The molecular weight excluding hydrogens is 132 g/mol. The lowest BCUT2D eigenvalue weighted by atomic mass is 10.2. The Morgan fingerprint density at radius 1 is 1.44 bits per heavy atom. The third-order valence-corrected chi connectivity index (χ3v) is 1.58. The largest absolute Gasteiger partial charge is 0.490 e. The zero-order chi connectivity index (χ0) is 7.11. The lowest BCUT2D eigenvalue weighted by molar-refractivity contribution is 0.399. The Morgan fingerprint density at radius 3 is 2.56 bits per heavy atom. The van der Waals surface area contributed by atoms with Crippen LogP contribution in [0.25, 0.3) is 0 Å². The van der Waals surface area contributed by atoms with Gasteiger partial charge in [0.15, 0.2) is 5.05 Å². The predicted octanol–water partition coefficient (Wildman–Crippen LogP) is 2.54. The highest BCUT2D eigenvalue weighted by atomic mass is 32.1. The number of unbranched alkanes of at least 4 members (excludes halogenated alkanes) is 2. The zero-order valence-electron chi connectivity index (χ0n) is 6.14. The van der Waals surface area contributed by atoms with E-state index in [0.29, 0.717) is 0 Å². The molecule has 2 heteroatoms. The summed E-state index contributed by atoms with van der Waals surface area (Å²) >= 11 is 4.85. The minimum Gasteiger partial charge on any atom is -0.490 e. The Bertz CT molecular complexity index is 81.0. The smallest absolute Gasteiger partial charge is 0.159 e. The standard InChI is InChI=1S/C7H14OS/c1-3-4-5-6-7(9)8-2/h3-6H2,1-2H3. The van der Waals surface area contributed by atoms with Gasteiger partial charge in [0, 0.05) is 6.42 Å². The molecule has 0 atom stereocenters. The molecule has 0 N–H and O–H groups in total. The molecule has 0 aromatic rings. The van der Waals surface area contributed by atoms with E-state index in [4.69, 9.17) is 17.0 Å². The van der Waals surface area contributed by atoms with Crippen molar-refractivity contribution in [2.45, 2.75) is 32.6 Å². The topological polar surface area (TPSA) is 9.23 Å². The molecule has 0 aromatic carbocycles. The van der Waals surface area contributed by atoms with Crippen LogP contribution < -0.4 is 0 Å². The average molecular weight is 146 g/mol. The van der Waals surface area contributed by atoms with Crippen LogP contribution in [0.1, 0.15) is 32.6 Å². The molecule has 9 heavy (non-hydrogen) atoms. The molecule has 0 rings (SSSR count). The monoisotopic (exact) mass is 146 g/mol. The van der Waals surface area contributed by atoms with Crippen LogP contribution in [0, 0.1) is 0 Å². The van der Waals surface area contributed by atoms with Crippen LogP contribution in [0.15, 0.2) is 0 Å². The van der Waals surface area contributed by atoms with Crippen LogP contribution in [-0.2, 0) is 4.74 Å². The molecule has 54 valence electrons. The van der Waals surface area contributed by atoms with Crippen LogP contribution in [0.2, 0.25) is 0 Å². The van der Waals surface area contributed by atoms with Gasteiger partial charge in [-0.2, -0.15) is 0 Å². The number of rotatable bonds is 4. The van der Waals surface area contributed by atoms with Crippen LogP contribution in [0.3, 0.4) is 0 Å². The summed E-state index contributed by atoms with van der Waals surface area (Å²) < 4.78 is 4.83. The first-order chi connectivity index (χ1) is 4.31. The molecule has 0 unspecified atom stereocenters. The normalized spacial score (nSPS) is 9.11. The predicted molar refractivity (Wildman–Crippen MR) is 43.7 cm³/mol. The van der Waals surface area contributed by atoms with E-state index in [1.807, 2.05) is 0 Å². The Morgan fingerprint density at radius 2 is 2.11 bits per heavy atom. The fourth-order valence-electron chi connectivity index (χ4n) is 0.621. The molecule has 0 aliphatic rings. The summed E-state index contributed by atoms with van der Waals surface area (Å²) in [7, 11) is 1.63. The maximum absolute atomic E-state index is 4.85. The van der Waals surface area contributed by atoms with Gasteiger partial charge in [0.25, 0.3) is 0 Å². The maximum atomic E-state index is 4.85. The van der Waals surface area contributed by atoms with Crippen LogP contribution in [0.5, 0.6) is 0 Å². The quantitative estimate of drug-likeness (QED) is 0.445. The molecule has 0 fully saturated rings. The van der Waals surface area contributed by atoms with E-state index in [2.05, 4.69) is 6.92 Å². The molecule has 0 heterocycles. The zero-order valence-corrected chi connectivity index (χ0v) is 6.96. The average Bonchev–Trinajstić information content (AvgIpc) is 1.89. The van der Waals surface area contributed by atoms with Gasteiger partial charge >= 0.3 is 0 Å². The van der Waals surface area contributed by atoms with Crippen molar-refractivity contribution in [1.82, 2.24) is 0 Å². The molecule has 1 nitrogen and oxygen atoms in total. The Balaban J connectivity index is 2.97. The summed E-state index contributed by atoms with van der Waals surface area (Å²) in [4.78, 5) is 0. The lowest BCUT2D eigenvalue weighted by Gasteiger charge is -1.99. The number of hydrogen-bond donors (Lipinski definition) is 0. The lowest BCUT2D eigenvalue weighted by Crippen LogP contribution is -1.95. The van der Waals surface area contributed by atoms with Gasteiger partial charge in [-0.15, -0.1) is 0 Å². The van der Waals surface area contributed by atoms with Crippen LogP contribution in [-0.4, -0.2) is 12.2 Å². The highest BCUT2D eigenvalue weighted by molar-refractivity contribution is 7.80. The summed E-state index contributed by atoms with van der Waals surface area (Å²) in [6.45, 7) is 2.18. The van der Waals surface area contributed by atoms with Crippen molar-refractivity contribution in [2.75, 3.05) is 7.11 Å². The van der Waals surface area contributed by atoms with Gasteiger partial charge in [0.1, 0.15) is 0 Å². The number of thiocarbonyl (C=S) groups is 1. The third kappa shape index (κ3) is 5.77. The Hall–Kier alpha value is -0.110.